The van der Waals surface area contributed by atoms with E-state index in [0.717, 1.165) is 47.3 Å². The predicted octanol–water partition coefficient (Wildman–Crippen LogP) is 3.77. The van der Waals surface area contributed by atoms with E-state index in [9.17, 15) is 0 Å². The van der Waals surface area contributed by atoms with Gasteiger partial charge in [0, 0.05) is 54.8 Å². The van der Waals surface area contributed by atoms with E-state index in [0.29, 0.717) is 5.95 Å². The number of anilines is 3. The van der Waals surface area contributed by atoms with Gasteiger partial charge in [-0.25, -0.2) is 9.50 Å². The molecule has 1 fully saturated rings. The minimum absolute atomic E-state index is 0.572. The summed E-state index contributed by atoms with van der Waals surface area (Å²) in [5.41, 5.74) is 3.19. The molecule has 152 valence electrons. The average Bonchev–Trinajstić information content (AvgIpc) is 3.18. The van der Waals surface area contributed by atoms with Gasteiger partial charge in [-0.1, -0.05) is 11.8 Å². The highest BCUT2D eigenvalue weighted by Crippen LogP contribution is 2.28. The molecule has 0 aliphatic carbocycles. The van der Waals surface area contributed by atoms with Gasteiger partial charge in [0.25, 0.3) is 0 Å². The first-order chi connectivity index (χ1) is 14.7. The third-order valence-electron chi connectivity index (χ3n) is 5.23. The van der Waals surface area contributed by atoms with Crippen LogP contribution in [0.4, 0.5) is 17.3 Å². The van der Waals surface area contributed by atoms with Crippen molar-refractivity contribution in [1.82, 2.24) is 24.5 Å². The summed E-state index contributed by atoms with van der Waals surface area (Å²) in [7, 11) is 2.17. The Morgan fingerprint density at radius 2 is 1.67 bits per heavy atom. The van der Waals surface area contributed by atoms with Crippen LogP contribution < -0.4 is 10.2 Å². The number of hydrogen-bond donors (Lipinski definition) is 1. The zero-order valence-electron chi connectivity index (χ0n) is 16.8. The number of piperazine rings is 1. The number of aromatic nitrogens is 4. The van der Waals surface area contributed by atoms with Crippen LogP contribution in [0.25, 0.3) is 5.52 Å². The van der Waals surface area contributed by atoms with E-state index in [1.165, 1.54) is 5.69 Å². The molecule has 1 saturated heterocycles. The number of nitrogens with one attached hydrogen (secondary N) is 1. The first-order valence-corrected chi connectivity index (χ1v) is 10.8. The SMILES string of the molecule is CN1CCN(c2ccc(Nc3ncc4ccc(Sc5ccncc5)n4n3)cc2)CC1. The first-order valence-electron chi connectivity index (χ1n) is 9.98. The van der Waals surface area contributed by atoms with Crippen molar-refractivity contribution < 1.29 is 0 Å². The van der Waals surface area contributed by atoms with Gasteiger partial charge in [-0.2, -0.15) is 0 Å². The Bertz CT molecular complexity index is 1120. The highest BCUT2D eigenvalue weighted by molar-refractivity contribution is 7.99. The molecule has 0 saturated carbocycles. The van der Waals surface area contributed by atoms with Crippen molar-refractivity contribution in [3.8, 4) is 0 Å². The smallest absolute Gasteiger partial charge is 0.245 e. The van der Waals surface area contributed by atoms with E-state index in [-0.39, 0.29) is 0 Å². The second-order valence-electron chi connectivity index (χ2n) is 7.34. The Morgan fingerprint density at radius 1 is 0.900 bits per heavy atom. The quantitative estimate of drug-likeness (QED) is 0.530. The van der Waals surface area contributed by atoms with Gasteiger partial charge >= 0.3 is 0 Å². The molecule has 30 heavy (non-hydrogen) atoms. The highest BCUT2D eigenvalue weighted by Gasteiger charge is 2.14. The molecule has 4 aromatic rings. The normalized spacial score (nSPS) is 14.9. The molecule has 7 nitrogen and oxygen atoms in total. The molecule has 1 aromatic carbocycles. The zero-order valence-corrected chi connectivity index (χ0v) is 17.6. The number of fused-ring (bicyclic) bond motifs is 1. The molecule has 0 spiro atoms. The fourth-order valence-electron chi connectivity index (χ4n) is 3.49. The first kappa shape index (κ1) is 18.9. The zero-order chi connectivity index (χ0) is 20.3. The van der Waals surface area contributed by atoms with E-state index in [2.05, 4.69) is 67.6 Å². The molecule has 1 aliphatic heterocycles. The Balaban J connectivity index is 1.32. The topological polar surface area (TPSA) is 61.6 Å². The molecule has 1 aliphatic rings. The maximum Gasteiger partial charge on any atom is 0.245 e. The van der Waals surface area contributed by atoms with Crippen LogP contribution in [0.15, 0.2) is 77.0 Å². The van der Waals surface area contributed by atoms with Crippen LogP contribution in [0.3, 0.4) is 0 Å². The van der Waals surface area contributed by atoms with Gasteiger partial charge in [-0.3, -0.25) is 4.98 Å². The fraction of sp³-hybridized carbons (Fsp3) is 0.227. The van der Waals surface area contributed by atoms with Crippen LogP contribution in [0.2, 0.25) is 0 Å². The summed E-state index contributed by atoms with van der Waals surface area (Å²) in [6.45, 7) is 4.33. The Labute approximate surface area is 179 Å². The summed E-state index contributed by atoms with van der Waals surface area (Å²) in [6.07, 6.45) is 5.43. The van der Waals surface area contributed by atoms with Crippen LogP contribution >= 0.6 is 11.8 Å². The molecular formula is C22H23N7S. The van der Waals surface area contributed by atoms with Crippen molar-refractivity contribution in [2.75, 3.05) is 43.4 Å². The lowest BCUT2D eigenvalue weighted by Crippen LogP contribution is -2.44. The van der Waals surface area contributed by atoms with Crippen LogP contribution in [-0.4, -0.2) is 57.7 Å². The average molecular weight is 418 g/mol. The van der Waals surface area contributed by atoms with Crippen LogP contribution in [0.1, 0.15) is 0 Å². The summed E-state index contributed by atoms with van der Waals surface area (Å²) in [4.78, 5) is 14.5. The van der Waals surface area contributed by atoms with Crippen LogP contribution in [0, 0.1) is 0 Å². The summed E-state index contributed by atoms with van der Waals surface area (Å²) in [6, 6.07) is 16.6. The molecule has 0 radical (unpaired) electrons. The largest absolute Gasteiger partial charge is 0.369 e. The summed E-state index contributed by atoms with van der Waals surface area (Å²) in [5.74, 6) is 0.572. The maximum atomic E-state index is 4.69. The summed E-state index contributed by atoms with van der Waals surface area (Å²) >= 11 is 1.65. The van der Waals surface area contributed by atoms with Crippen molar-refractivity contribution in [3.63, 3.8) is 0 Å². The van der Waals surface area contributed by atoms with Crippen molar-refractivity contribution >= 4 is 34.6 Å². The van der Waals surface area contributed by atoms with Gasteiger partial charge in [0.15, 0.2) is 0 Å². The molecule has 8 heteroatoms. The Hall–Kier alpha value is -3.10. The van der Waals surface area contributed by atoms with Crippen LogP contribution in [0.5, 0.6) is 0 Å². The number of likely N-dealkylation sites (N-methyl/N-ethyl adjacent to an activating group) is 1. The molecular weight excluding hydrogens is 394 g/mol. The van der Waals surface area contributed by atoms with Gasteiger partial charge in [-0.15, -0.1) is 5.10 Å². The second kappa shape index (κ2) is 8.33. The maximum absolute atomic E-state index is 4.69. The van der Waals surface area contributed by atoms with E-state index >= 15 is 0 Å². The Kier molecular flexibility index (Phi) is 5.25. The van der Waals surface area contributed by atoms with E-state index in [1.807, 2.05) is 28.9 Å². The molecule has 1 N–H and O–H groups in total. The molecule has 0 amide bonds. The van der Waals surface area contributed by atoms with Crippen molar-refractivity contribution in [2.45, 2.75) is 9.92 Å². The number of hydrogen-bond acceptors (Lipinski definition) is 7. The molecule has 0 unspecified atom stereocenters. The highest BCUT2D eigenvalue weighted by atomic mass is 32.2. The van der Waals surface area contributed by atoms with Gasteiger partial charge in [0.05, 0.1) is 11.7 Å². The van der Waals surface area contributed by atoms with Crippen molar-refractivity contribution in [2.24, 2.45) is 0 Å². The third kappa shape index (κ3) is 4.10. The molecule has 0 atom stereocenters. The molecule has 0 bridgehead atoms. The van der Waals surface area contributed by atoms with Crippen LogP contribution in [-0.2, 0) is 0 Å². The Morgan fingerprint density at radius 3 is 2.43 bits per heavy atom. The fourth-order valence-corrected chi connectivity index (χ4v) is 4.36. The lowest BCUT2D eigenvalue weighted by atomic mass is 10.2. The number of benzene rings is 1. The van der Waals surface area contributed by atoms with Gasteiger partial charge in [0.1, 0.15) is 5.03 Å². The van der Waals surface area contributed by atoms with Crippen molar-refractivity contribution in [1.29, 1.82) is 0 Å². The molecule has 3 aromatic heterocycles. The third-order valence-corrected chi connectivity index (χ3v) is 6.25. The van der Waals surface area contributed by atoms with E-state index < -0.39 is 0 Å². The van der Waals surface area contributed by atoms with Gasteiger partial charge in [-0.05, 0) is 55.6 Å². The van der Waals surface area contributed by atoms with Gasteiger partial charge in [0.2, 0.25) is 5.95 Å². The van der Waals surface area contributed by atoms with E-state index in [1.54, 1.807) is 24.2 Å². The van der Waals surface area contributed by atoms with E-state index in [4.69, 9.17) is 0 Å². The molecule has 4 heterocycles. The lowest BCUT2D eigenvalue weighted by molar-refractivity contribution is 0.313. The minimum atomic E-state index is 0.572. The number of rotatable bonds is 5. The van der Waals surface area contributed by atoms with Crippen molar-refractivity contribution in [3.05, 3.63) is 67.1 Å². The second-order valence-corrected chi connectivity index (χ2v) is 8.43. The molecule has 5 rings (SSSR count). The number of nitrogens with zero attached hydrogens (tertiary/aromatic N) is 6. The monoisotopic (exact) mass is 417 g/mol. The van der Waals surface area contributed by atoms with Gasteiger partial charge < -0.3 is 15.1 Å². The summed E-state index contributed by atoms with van der Waals surface area (Å²) in [5, 5.41) is 9.05. The standard InChI is InChI=1S/C22H23N7S/c1-27-12-14-28(15-13-27)18-4-2-17(3-5-18)25-22-24-16-19-6-7-21(29(19)26-22)30-20-8-10-23-11-9-20/h2-11,16H,12-15H2,1H3,(H,25,26). The number of pyridine rings is 1. The minimum Gasteiger partial charge on any atom is -0.369 e. The predicted molar refractivity (Wildman–Crippen MR) is 121 cm³/mol. The lowest BCUT2D eigenvalue weighted by Gasteiger charge is -2.34. The summed E-state index contributed by atoms with van der Waals surface area (Å²) < 4.78 is 1.92.